The number of methoxy groups -OCH3 is 2. The van der Waals surface area contributed by atoms with Gasteiger partial charge in [-0.1, -0.05) is 42.8 Å². The first-order valence-electron chi connectivity index (χ1n) is 11.1. The molecule has 8 nitrogen and oxygen atoms in total. The van der Waals surface area contributed by atoms with Gasteiger partial charge in [0.05, 0.1) is 30.5 Å². The molecule has 10 heteroatoms. The number of carbonyl (C=O) groups excluding carboxylic acids is 1. The highest BCUT2D eigenvalue weighted by atomic mass is 35.5. The molecule has 0 aliphatic rings. The van der Waals surface area contributed by atoms with E-state index in [1.54, 1.807) is 55.6 Å². The molecule has 0 spiro atoms. The van der Waals surface area contributed by atoms with Crippen molar-refractivity contribution >= 4 is 38.9 Å². The van der Waals surface area contributed by atoms with Crippen LogP contribution >= 0.6 is 11.6 Å². The summed E-state index contributed by atoms with van der Waals surface area (Å²) in [5.74, 6) is 0.482. The molecule has 0 fully saturated rings. The van der Waals surface area contributed by atoms with Crippen LogP contribution in [-0.2, 0) is 14.8 Å². The Kier molecular flexibility index (Phi) is 8.95. The molecular formula is C26H28ClN3O5S. The third-order valence-corrected chi connectivity index (χ3v) is 7.62. The summed E-state index contributed by atoms with van der Waals surface area (Å²) in [5.41, 5.74) is 4.85. The number of rotatable bonds is 10. The molecule has 1 N–H and O–H groups in total. The van der Waals surface area contributed by atoms with Crippen LogP contribution in [0.4, 0.5) is 5.69 Å². The van der Waals surface area contributed by atoms with Crippen LogP contribution in [0.15, 0.2) is 76.7 Å². The second kappa shape index (κ2) is 11.9. The highest BCUT2D eigenvalue weighted by Gasteiger charge is 2.27. The molecule has 0 aliphatic carbocycles. The number of halogens is 1. The summed E-state index contributed by atoms with van der Waals surface area (Å²) in [6.45, 7) is 3.20. The molecule has 0 heterocycles. The maximum Gasteiger partial charge on any atom is 0.264 e. The fourth-order valence-corrected chi connectivity index (χ4v) is 5.04. The van der Waals surface area contributed by atoms with Crippen LogP contribution in [0.2, 0.25) is 5.02 Å². The first kappa shape index (κ1) is 27.0. The fraction of sp³-hybridized carbons (Fsp3) is 0.231. The lowest BCUT2D eigenvalue weighted by molar-refractivity contribution is -0.119. The van der Waals surface area contributed by atoms with Crippen molar-refractivity contribution in [3.63, 3.8) is 0 Å². The zero-order valence-corrected chi connectivity index (χ0v) is 22.1. The number of ether oxygens (including phenoxy) is 2. The van der Waals surface area contributed by atoms with Gasteiger partial charge in [-0.2, -0.15) is 5.10 Å². The quantitative estimate of drug-likeness (QED) is 0.301. The van der Waals surface area contributed by atoms with Crippen LogP contribution in [0.25, 0.3) is 0 Å². The van der Waals surface area contributed by atoms with E-state index in [-0.39, 0.29) is 10.6 Å². The maximum absolute atomic E-state index is 13.5. The molecule has 0 radical (unpaired) electrons. The predicted molar refractivity (Wildman–Crippen MR) is 142 cm³/mol. The topological polar surface area (TPSA) is 97.3 Å². The van der Waals surface area contributed by atoms with Crippen molar-refractivity contribution in [3.05, 3.63) is 82.9 Å². The van der Waals surface area contributed by atoms with Crippen molar-refractivity contribution in [2.75, 3.05) is 25.1 Å². The Hall–Kier alpha value is -3.56. The fourth-order valence-electron chi connectivity index (χ4n) is 3.43. The smallest absolute Gasteiger partial charge is 0.264 e. The molecule has 3 aromatic carbocycles. The molecule has 36 heavy (non-hydrogen) atoms. The van der Waals surface area contributed by atoms with Crippen LogP contribution in [0.1, 0.15) is 24.5 Å². The lowest BCUT2D eigenvalue weighted by Gasteiger charge is -2.24. The van der Waals surface area contributed by atoms with Gasteiger partial charge in [0.2, 0.25) is 0 Å². The summed E-state index contributed by atoms with van der Waals surface area (Å²) in [4.78, 5) is 13.0. The van der Waals surface area contributed by atoms with Gasteiger partial charge >= 0.3 is 0 Å². The lowest BCUT2D eigenvalue weighted by Crippen LogP contribution is -2.39. The minimum Gasteiger partial charge on any atom is -0.493 e. The van der Waals surface area contributed by atoms with Crippen molar-refractivity contribution < 1.29 is 22.7 Å². The summed E-state index contributed by atoms with van der Waals surface area (Å²) < 4.78 is 38.5. The van der Waals surface area contributed by atoms with Crippen molar-refractivity contribution in [1.82, 2.24) is 5.43 Å². The summed E-state index contributed by atoms with van der Waals surface area (Å²) in [6.07, 6.45) is 0.509. The van der Waals surface area contributed by atoms with Gasteiger partial charge in [0.1, 0.15) is 6.54 Å². The average molecular weight is 530 g/mol. The SMILES string of the molecule is CC/C(=N/NC(=O)CN(c1ccc(C)c(Cl)c1)S(=O)(=O)c1ccccc1)c1ccc(OC)c(OC)c1. The van der Waals surface area contributed by atoms with Crippen LogP contribution in [0, 0.1) is 6.92 Å². The summed E-state index contributed by atoms with van der Waals surface area (Å²) in [6, 6.07) is 18.0. The van der Waals surface area contributed by atoms with Gasteiger partial charge in [-0.3, -0.25) is 9.10 Å². The number of carbonyl (C=O) groups is 1. The van der Waals surface area contributed by atoms with Crippen LogP contribution in [0.5, 0.6) is 11.5 Å². The maximum atomic E-state index is 13.5. The molecule has 0 saturated heterocycles. The summed E-state index contributed by atoms with van der Waals surface area (Å²) >= 11 is 6.26. The number of nitrogens with zero attached hydrogens (tertiary/aromatic N) is 2. The molecule has 0 unspecified atom stereocenters. The standard InChI is InChI=1S/C26H28ClN3O5S/c1-5-23(19-12-14-24(34-3)25(15-19)35-4)28-29-26(31)17-30(20-13-11-18(2)22(27)16-20)36(32,33)21-9-7-6-8-10-21/h6-16H,5,17H2,1-4H3,(H,29,31)/b28-23-. The number of hydrogen-bond donors (Lipinski definition) is 1. The van der Waals surface area contributed by atoms with E-state index < -0.39 is 22.5 Å². The van der Waals surface area contributed by atoms with E-state index in [9.17, 15) is 13.2 Å². The molecule has 0 aromatic heterocycles. The number of hydrogen-bond acceptors (Lipinski definition) is 6. The largest absolute Gasteiger partial charge is 0.493 e. The summed E-state index contributed by atoms with van der Waals surface area (Å²) in [7, 11) is -0.979. The molecular weight excluding hydrogens is 502 g/mol. The van der Waals surface area contributed by atoms with Crippen LogP contribution < -0.4 is 19.2 Å². The molecule has 0 bridgehead atoms. The number of aryl methyl sites for hydroxylation is 1. The Morgan fingerprint density at radius 1 is 1.00 bits per heavy atom. The molecule has 0 aliphatic heterocycles. The minimum absolute atomic E-state index is 0.0533. The second-order valence-electron chi connectivity index (χ2n) is 7.78. The number of amides is 1. The van der Waals surface area contributed by atoms with Crippen molar-refractivity contribution in [3.8, 4) is 11.5 Å². The van der Waals surface area contributed by atoms with Crippen LogP contribution in [0.3, 0.4) is 0 Å². The second-order valence-corrected chi connectivity index (χ2v) is 10.0. The molecule has 3 aromatic rings. The number of sulfonamides is 1. The van der Waals surface area contributed by atoms with Gasteiger partial charge in [0, 0.05) is 10.6 Å². The molecule has 190 valence electrons. The van der Waals surface area contributed by atoms with E-state index >= 15 is 0 Å². The van der Waals surface area contributed by atoms with E-state index in [4.69, 9.17) is 21.1 Å². The number of benzene rings is 3. The Morgan fingerprint density at radius 3 is 2.31 bits per heavy atom. The Balaban J connectivity index is 1.90. The van der Waals surface area contributed by atoms with Crippen molar-refractivity contribution in [1.29, 1.82) is 0 Å². The molecule has 0 atom stereocenters. The van der Waals surface area contributed by atoms with Crippen LogP contribution in [-0.4, -0.2) is 40.8 Å². The molecule has 3 rings (SSSR count). The van der Waals surface area contributed by atoms with Gasteiger partial charge in [-0.25, -0.2) is 13.8 Å². The third kappa shape index (κ3) is 6.16. The highest BCUT2D eigenvalue weighted by molar-refractivity contribution is 7.92. The Bertz CT molecular complexity index is 1360. The van der Waals surface area contributed by atoms with Crippen molar-refractivity contribution in [2.45, 2.75) is 25.2 Å². The predicted octanol–water partition coefficient (Wildman–Crippen LogP) is 4.79. The number of hydrazone groups is 1. The Labute approximate surface area is 216 Å². The van der Waals surface area contributed by atoms with Crippen molar-refractivity contribution in [2.24, 2.45) is 5.10 Å². The van der Waals surface area contributed by atoms with E-state index in [2.05, 4.69) is 10.5 Å². The number of nitrogens with one attached hydrogen (secondary N) is 1. The molecule has 1 amide bonds. The van der Waals surface area contributed by atoms with Gasteiger partial charge in [-0.15, -0.1) is 0 Å². The zero-order chi connectivity index (χ0) is 26.3. The van der Waals surface area contributed by atoms with E-state index in [0.29, 0.717) is 28.7 Å². The average Bonchev–Trinajstić information content (AvgIpc) is 2.89. The first-order chi connectivity index (χ1) is 17.2. The van der Waals surface area contributed by atoms with E-state index in [1.165, 1.54) is 25.3 Å². The highest BCUT2D eigenvalue weighted by Crippen LogP contribution is 2.29. The first-order valence-corrected chi connectivity index (χ1v) is 12.9. The molecule has 0 saturated carbocycles. The third-order valence-electron chi connectivity index (χ3n) is 5.43. The van der Waals surface area contributed by atoms with Gasteiger partial charge in [-0.05, 0) is 61.4 Å². The normalized spacial score (nSPS) is 11.6. The van der Waals surface area contributed by atoms with E-state index in [1.807, 2.05) is 13.8 Å². The summed E-state index contributed by atoms with van der Waals surface area (Å²) in [5, 5.41) is 4.64. The number of anilines is 1. The Morgan fingerprint density at radius 2 is 1.69 bits per heavy atom. The van der Waals surface area contributed by atoms with Gasteiger partial charge in [0.15, 0.2) is 11.5 Å². The van der Waals surface area contributed by atoms with E-state index in [0.717, 1.165) is 15.4 Å². The van der Waals surface area contributed by atoms with Gasteiger partial charge < -0.3 is 9.47 Å². The zero-order valence-electron chi connectivity index (χ0n) is 20.5. The monoisotopic (exact) mass is 529 g/mol. The minimum atomic E-state index is -4.06. The lowest BCUT2D eigenvalue weighted by atomic mass is 10.1. The van der Waals surface area contributed by atoms with Gasteiger partial charge in [0.25, 0.3) is 15.9 Å².